The minimum atomic E-state index is -0.550. The number of carbonyl (C=O) groups is 2. The van der Waals surface area contributed by atoms with Crippen molar-refractivity contribution >= 4 is 17.6 Å². The van der Waals surface area contributed by atoms with Gasteiger partial charge in [-0.2, -0.15) is 0 Å². The molecule has 0 aromatic heterocycles. The average Bonchev–Trinajstić information content (AvgIpc) is 2.65. The fourth-order valence-electron chi connectivity index (χ4n) is 3.21. The molecule has 26 heavy (non-hydrogen) atoms. The van der Waals surface area contributed by atoms with Gasteiger partial charge >= 0.3 is 5.97 Å². The molecular formula is C21H23NO4. The second-order valence-electron chi connectivity index (χ2n) is 6.45. The molecule has 136 valence electrons. The van der Waals surface area contributed by atoms with Gasteiger partial charge in [0.1, 0.15) is 5.75 Å². The first-order valence-corrected chi connectivity index (χ1v) is 8.79. The number of esters is 1. The molecule has 0 saturated heterocycles. The SMILES string of the molecule is Cc1cccc(C)c1OCC(=O)OCC(=O)N1CCCc2ccccc21. The Morgan fingerprint density at radius 1 is 1.00 bits per heavy atom. The second kappa shape index (κ2) is 8.04. The summed E-state index contributed by atoms with van der Waals surface area (Å²) in [6, 6.07) is 13.6. The van der Waals surface area contributed by atoms with Gasteiger partial charge < -0.3 is 14.4 Å². The number of hydrogen-bond donors (Lipinski definition) is 0. The van der Waals surface area contributed by atoms with Crippen molar-refractivity contribution in [1.29, 1.82) is 0 Å². The third-order valence-corrected chi connectivity index (χ3v) is 4.51. The first-order chi connectivity index (χ1) is 12.6. The molecule has 0 N–H and O–H groups in total. The summed E-state index contributed by atoms with van der Waals surface area (Å²) in [5.74, 6) is -0.0791. The number of aryl methyl sites for hydroxylation is 3. The van der Waals surface area contributed by atoms with Gasteiger partial charge in [-0.1, -0.05) is 36.4 Å². The molecule has 0 fully saturated rings. The van der Waals surface area contributed by atoms with Crippen LogP contribution in [0.1, 0.15) is 23.1 Å². The van der Waals surface area contributed by atoms with Crippen molar-refractivity contribution in [3.63, 3.8) is 0 Å². The zero-order valence-electron chi connectivity index (χ0n) is 15.2. The number of para-hydroxylation sites is 2. The maximum absolute atomic E-state index is 12.5. The lowest BCUT2D eigenvalue weighted by molar-refractivity contribution is -0.149. The highest BCUT2D eigenvalue weighted by Crippen LogP contribution is 2.26. The molecule has 0 aliphatic carbocycles. The van der Waals surface area contributed by atoms with E-state index < -0.39 is 5.97 Å². The fourth-order valence-corrected chi connectivity index (χ4v) is 3.21. The Hall–Kier alpha value is -2.82. The van der Waals surface area contributed by atoms with E-state index in [1.54, 1.807) is 4.90 Å². The number of fused-ring (bicyclic) bond motifs is 1. The maximum Gasteiger partial charge on any atom is 0.344 e. The van der Waals surface area contributed by atoms with Crippen molar-refractivity contribution in [2.75, 3.05) is 24.7 Å². The molecular weight excluding hydrogens is 330 g/mol. The number of hydrogen-bond acceptors (Lipinski definition) is 4. The topological polar surface area (TPSA) is 55.8 Å². The zero-order valence-corrected chi connectivity index (χ0v) is 15.2. The van der Waals surface area contributed by atoms with Crippen molar-refractivity contribution in [3.05, 3.63) is 59.2 Å². The van der Waals surface area contributed by atoms with E-state index in [-0.39, 0.29) is 19.1 Å². The van der Waals surface area contributed by atoms with Gasteiger partial charge in [0.25, 0.3) is 5.91 Å². The normalized spacial score (nSPS) is 13.1. The number of carbonyl (C=O) groups excluding carboxylic acids is 2. The summed E-state index contributed by atoms with van der Waals surface area (Å²) in [5.41, 5.74) is 3.97. The van der Waals surface area contributed by atoms with Crippen LogP contribution in [-0.4, -0.2) is 31.6 Å². The Morgan fingerprint density at radius 3 is 2.50 bits per heavy atom. The molecule has 0 spiro atoms. The molecule has 1 aliphatic heterocycles. The highest BCUT2D eigenvalue weighted by Gasteiger charge is 2.23. The number of benzene rings is 2. The molecule has 2 aromatic rings. The number of rotatable bonds is 5. The highest BCUT2D eigenvalue weighted by atomic mass is 16.6. The van der Waals surface area contributed by atoms with E-state index in [0.717, 1.165) is 35.2 Å². The van der Waals surface area contributed by atoms with E-state index in [1.807, 2.05) is 56.3 Å². The average molecular weight is 353 g/mol. The molecule has 5 heteroatoms. The van der Waals surface area contributed by atoms with Crippen LogP contribution in [0.2, 0.25) is 0 Å². The predicted octanol–water partition coefficient (Wildman–Crippen LogP) is 3.20. The van der Waals surface area contributed by atoms with Crippen LogP contribution in [0, 0.1) is 13.8 Å². The molecule has 1 aliphatic rings. The van der Waals surface area contributed by atoms with Crippen molar-refractivity contribution in [2.45, 2.75) is 26.7 Å². The van der Waals surface area contributed by atoms with Crippen LogP contribution in [0.3, 0.4) is 0 Å². The molecule has 0 saturated carbocycles. The maximum atomic E-state index is 12.5. The van der Waals surface area contributed by atoms with E-state index in [4.69, 9.17) is 9.47 Å². The number of nitrogens with zero attached hydrogens (tertiary/aromatic N) is 1. The van der Waals surface area contributed by atoms with Gasteiger partial charge in [-0.25, -0.2) is 4.79 Å². The summed E-state index contributed by atoms with van der Waals surface area (Å²) in [4.78, 5) is 26.1. The lowest BCUT2D eigenvalue weighted by Crippen LogP contribution is -2.38. The van der Waals surface area contributed by atoms with Crippen molar-refractivity contribution in [2.24, 2.45) is 0 Å². The Balaban J connectivity index is 1.53. The number of ether oxygens (including phenoxy) is 2. The van der Waals surface area contributed by atoms with E-state index in [0.29, 0.717) is 12.3 Å². The van der Waals surface area contributed by atoms with Crippen LogP contribution < -0.4 is 9.64 Å². The van der Waals surface area contributed by atoms with Crippen LogP contribution in [-0.2, 0) is 20.7 Å². The van der Waals surface area contributed by atoms with Crippen LogP contribution in [0.25, 0.3) is 0 Å². The van der Waals surface area contributed by atoms with Gasteiger partial charge in [-0.15, -0.1) is 0 Å². The van der Waals surface area contributed by atoms with Gasteiger partial charge in [0.2, 0.25) is 0 Å². The smallest absolute Gasteiger partial charge is 0.344 e. The second-order valence-corrected chi connectivity index (χ2v) is 6.45. The fraction of sp³-hybridized carbons (Fsp3) is 0.333. The molecule has 0 atom stereocenters. The molecule has 1 amide bonds. The third kappa shape index (κ3) is 4.04. The molecule has 2 aromatic carbocycles. The third-order valence-electron chi connectivity index (χ3n) is 4.51. The summed E-state index contributed by atoms with van der Waals surface area (Å²) < 4.78 is 10.7. The zero-order chi connectivity index (χ0) is 18.5. The Bertz CT molecular complexity index is 795. The van der Waals surface area contributed by atoms with Gasteiger partial charge in [0.15, 0.2) is 13.2 Å². The summed E-state index contributed by atoms with van der Waals surface area (Å²) in [5, 5.41) is 0. The monoisotopic (exact) mass is 353 g/mol. The standard InChI is InChI=1S/C21H23NO4/c1-15-7-5-8-16(2)21(15)26-14-20(24)25-13-19(23)22-12-6-10-17-9-3-4-11-18(17)22/h3-5,7-9,11H,6,10,12-14H2,1-2H3. The molecule has 1 heterocycles. The van der Waals surface area contributed by atoms with Gasteiger partial charge in [-0.05, 0) is 49.4 Å². The van der Waals surface area contributed by atoms with Crippen molar-refractivity contribution in [1.82, 2.24) is 0 Å². The minimum Gasteiger partial charge on any atom is -0.481 e. The van der Waals surface area contributed by atoms with Crippen LogP contribution in [0.4, 0.5) is 5.69 Å². The lowest BCUT2D eigenvalue weighted by atomic mass is 10.0. The Kier molecular flexibility index (Phi) is 5.56. The molecule has 0 radical (unpaired) electrons. The van der Waals surface area contributed by atoms with Crippen molar-refractivity contribution < 1.29 is 19.1 Å². The van der Waals surface area contributed by atoms with Crippen LogP contribution in [0.5, 0.6) is 5.75 Å². The van der Waals surface area contributed by atoms with E-state index in [2.05, 4.69) is 0 Å². The summed E-state index contributed by atoms with van der Waals surface area (Å²) >= 11 is 0. The minimum absolute atomic E-state index is 0.211. The van der Waals surface area contributed by atoms with Crippen LogP contribution >= 0.6 is 0 Å². The van der Waals surface area contributed by atoms with Gasteiger partial charge in [-0.3, -0.25) is 4.79 Å². The summed E-state index contributed by atoms with van der Waals surface area (Å²) in [6.07, 6.45) is 1.87. The Labute approximate surface area is 153 Å². The number of amides is 1. The molecule has 0 bridgehead atoms. The van der Waals surface area contributed by atoms with Gasteiger partial charge in [0, 0.05) is 12.2 Å². The lowest BCUT2D eigenvalue weighted by Gasteiger charge is -2.29. The summed E-state index contributed by atoms with van der Waals surface area (Å²) in [7, 11) is 0. The largest absolute Gasteiger partial charge is 0.481 e. The van der Waals surface area contributed by atoms with E-state index in [9.17, 15) is 9.59 Å². The summed E-state index contributed by atoms with van der Waals surface area (Å²) in [6.45, 7) is 4.00. The highest BCUT2D eigenvalue weighted by molar-refractivity contribution is 5.96. The van der Waals surface area contributed by atoms with Crippen LogP contribution in [0.15, 0.2) is 42.5 Å². The van der Waals surface area contributed by atoms with Crippen molar-refractivity contribution in [3.8, 4) is 5.75 Å². The molecule has 5 nitrogen and oxygen atoms in total. The predicted molar refractivity (Wildman–Crippen MR) is 99.5 cm³/mol. The Morgan fingerprint density at radius 2 is 1.73 bits per heavy atom. The number of anilines is 1. The quantitative estimate of drug-likeness (QED) is 0.775. The molecule has 0 unspecified atom stereocenters. The van der Waals surface area contributed by atoms with E-state index in [1.165, 1.54) is 0 Å². The van der Waals surface area contributed by atoms with E-state index >= 15 is 0 Å². The first kappa shape index (κ1) is 18.0. The van der Waals surface area contributed by atoms with Gasteiger partial charge in [0.05, 0.1) is 0 Å². The first-order valence-electron chi connectivity index (χ1n) is 8.79. The molecule has 3 rings (SSSR count).